The van der Waals surface area contributed by atoms with Crippen LogP contribution in [0.2, 0.25) is 0 Å². The lowest BCUT2D eigenvalue weighted by Gasteiger charge is -2.44. The van der Waals surface area contributed by atoms with Crippen LogP contribution in [0.15, 0.2) is 24.5 Å². The maximum absolute atomic E-state index is 13.7. The quantitative estimate of drug-likeness (QED) is 0.147. The monoisotopic (exact) mass is 676 g/mol. The van der Waals surface area contributed by atoms with Crippen LogP contribution in [-0.2, 0) is 9.47 Å². The molecule has 3 saturated heterocycles. The Balaban J connectivity index is 1.35. The molecule has 5 unspecified atom stereocenters. The van der Waals surface area contributed by atoms with Crippen LogP contribution >= 0.6 is 11.8 Å². The molecule has 10 atom stereocenters. The average Bonchev–Trinajstić information content (AvgIpc) is 3.52. The maximum Gasteiger partial charge on any atom is 0.194 e. The van der Waals surface area contributed by atoms with E-state index in [1.165, 1.54) is 4.68 Å². The van der Waals surface area contributed by atoms with Crippen molar-refractivity contribution in [3.63, 3.8) is 0 Å². The normalized spacial score (nSPS) is 35.0. The highest BCUT2D eigenvalue weighted by Gasteiger charge is 2.49. The molecular formula is C28H39F3N6O8S. The number of hydrogen-bond acceptors (Lipinski definition) is 14. The van der Waals surface area contributed by atoms with E-state index in [1.807, 2.05) is 0 Å². The molecule has 3 aliphatic heterocycles. The Hall–Kier alpha value is -2.52. The molecule has 0 bridgehead atoms. The van der Waals surface area contributed by atoms with Crippen LogP contribution in [0.25, 0.3) is 5.70 Å². The summed E-state index contributed by atoms with van der Waals surface area (Å²) in [5, 5.41) is 79.4. The molecule has 256 valence electrons. The Kier molecular flexibility index (Phi) is 11.5. The van der Waals surface area contributed by atoms with E-state index in [-0.39, 0.29) is 30.2 Å². The number of rotatable bonds is 8. The van der Waals surface area contributed by atoms with E-state index in [9.17, 15) is 43.8 Å². The van der Waals surface area contributed by atoms with Crippen LogP contribution in [0.1, 0.15) is 42.5 Å². The SMILES string of the molecule is N/C(=C\NC1C(O)[C@H](S[C@@H]2O[C@H](CO)C(O)C(n3cc(C4CCNCC4)nn3)[C@H]2O)OCC(O)C[C@@H]1O)c1cc(F)c(F)c(F)c1. The minimum atomic E-state index is -1.67. The van der Waals surface area contributed by atoms with E-state index >= 15 is 0 Å². The molecule has 2 aromatic rings. The fourth-order valence-corrected chi connectivity index (χ4v) is 7.16. The Morgan fingerprint density at radius 2 is 1.76 bits per heavy atom. The van der Waals surface area contributed by atoms with Crippen LogP contribution in [0.3, 0.4) is 0 Å². The van der Waals surface area contributed by atoms with Crippen molar-refractivity contribution in [3.05, 3.63) is 53.2 Å². The molecule has 4 heterocycles. The summed E-state index contributed by atoms with van der Waals surface area (Å²) in [6, 6.07) is -1.02. The van der Waals surface area contributed by atoms with Gasteiger partial charge in [-0.3, -0.25) is 0 Å². The van der Waals surface area contributed by atoms with Gasteiger partial charge in [0, 0.05) is 30.3 Å². The number of thioether (sulfide) groups is 1. The summed E-state index contributed by atoms with van der Waals surface area (Å²) in [7, 11) is 0. The second-order valence-electron chi connectivity index (χ2n) is 11.7. The Morgan fingerprint density at radius 3 is 2.43 bits per heavy atom. The Bertz CT molecular complexity index is 1330. The zero-order valence-electron chi connectivity index (χ0n) is 24.6. The van der Waals surface area contributed by atoms with Crippen molar-refractivity contribution >= 4 is 17.5 Å². The molecule has 0 amide bonds. The average molecular weight is 677 g/mol. The second-order valence-corrected chi connectivity index (χ2v) is 12.9. The zero-order chi connectivity index (χ0) is 33.1. The first kappa shape index (κ1) is 34.8. The smallest absolute Gasteiger partial charge is 0.194 e. The summed E-state index contributed by atoms with van der Waals surface area (Å²) < 4.78 is 53.8. The number of hydrogen-bond donors (Lipinski definition) is 9. The summed E-state index contributed by atoms with van der Waals surface area (Å²) in [5.74, 6) is -4.45. The number of nitrogens with two attached hydrogens (primary N) is 1. The minimum absolute atomic E-state index is 0.146. The van der Waals surface area contributed by atoms with Gasteiger partial charge in [-0.2, -0.15) is 0 Å². The number of nitrogens with one attached hydrogen (secondary N) is 2. The Labute approximate surface area is 266 Å². The number of aromatic nitrogens is 3. The summed E-state index contributed by atoms with van der Waals surface area (Å²) >= 11 is 0.787. The number of nitrogens with zero attached hydrogens (tertiary/aromatic N) is 3. The van der Waals surface area contributed by atoms with E-state index < -0.39 is 83.6 Å². The van der Waals surface area contributed by atoms with E-state index in [2.05, 4.69) is 20.9 Å². The molecule has 1 aromatic heterocycles. The molecule has 10 N–H and O–H groups in total. The highest BCUT2D eigenvalue weighted by molar-refractivity contribution is 8.00. The van der Waals surface area contributed by atoms with Crippen LogP contribution in [0.5, 0.6) is 0 Å². The fraction of sp³-hybridized carbons (Fsp3) is 0.643. The third-order valence-corrected chi connectivity index (χ3v) is 9.83. The number of ether oxygens (including phenoxy) is 2. The van der Waals surface area contributed by atoms with Crippen molar-refractivity contribution in [3.8, 4) is 0 Å². The minimum Gasteiger partial charge on any atom is -0.397 e. The van der Waals surface area contributed by atoms with Gasteiger partial charge >= 0.3 is 0 Å². The zero-order valence-corrected chi connectivity index (χ0v) is 25.4. The van der Waals surface area contributed by atoms with Gasteiger partial charge in [0.1, 0.15) is 41.3 Å². The van der Waals surface area contributed by atoms with Gasteiger partial charge in [-0.05, 0) is 38.1 Å². The maximum atomic E-state index is 13.7. The van der Waals surface area contributed by atoms with E-state index in [4.69, 9.17) is 15.2 Å². The summed E-state index contributed by atoms with van der Waals surface area (Å²) in [4.78, 5) is 0. The first-order valence-electron chi connectivity index (χ1n) is 14.9. The topological polar surface area (TPSA) is 221 Å². The standard InChI is InChI=1S/C28H39F3N6O8S/c29-15-5-13(6-16(30)21(15)31)17(32)8-34-22-19(40)7-14(39)11-44-27(25(22)42)46-28-26(43)23(24(41)20(10-38)45-28)37-9-18(35-36-37)12-1-3-33-4-2-12/h5-6,8-9,12,14,19-20,22-28,33-34,38-43H,1-4,7,10-11,32H2/b17-8-/t14?,19-,20+,22?,23?,24?,25?,26+,27-,28-/m0/s1. The van der Waals surface area contributed by atoms with Gasteiger partial charge in [0.05, 0.1) is 42.9 Å². The van der Waals surface area contributed by atoms with E-state index in [0.29, 0.717) is 17.8 Å². The first-order chi connectivity index (χ1) is 22.0. The van der Waals surface area contributed by atoms with Crippen LogP contribution in [0.4, 0.5) is 13.2 Å². The van der Waals surface area contributed by atoms with Gasteiger partial charge in [0.25, 0.3) is 0 Å². The molecule has 5 rings (SSSR count). The largest absolute Gasteiger partial charge is 0.397 e. The van der Waals surface area contributed by atoms with Gasteiger partial charge in [-0.1, -0.05) is 17.0 Å². The number of halogens is 3. The van der Waals surface area contributed by atoms with Gasteiger partial charge in [-0.25, -0.2) is 17.9 Å². The van der Waals surface area contributed by atoms with Crippen LogP contribution < -0.4 is 16.4 Å². The lowest BCUT2D eigenvalue weighted by atomic mass is 9.94. The third kappa shape index (κ3) is 7.61. The number of piperidine rings is 1. The summed E-state index contributed by atoms with van der Waals surface area (Å²) in [6.45, 7) is 0.729. The number of benzene rings is 1. The lowest BCUT2D eigenvalue weighted by Crippen LogP contribution is -2.58. The molecule has 0 radical (unpaired) electrons. The molecule has 46 heavy (non-hydrogen) atoms. The summed E-state index contributed by atoms with van der Waals surface area (Å²) in [6.07, 6.45) is -3.94. The molecular weight excluding hydrogens is 637 g/mol. The molecule has 18 heteroatoms. The van der Waals surface area contributed by atoms with Gasteiger partial charge < -0.3 is 56.5 Å². The molecule has 0 spiro atoms. The molecule has 3 aliphatic rings. The van der Waals surface area contributed by atoms with Crippen molar-refractivity contribution < 1.29 is 53.3 Å². The van der Waals surface area contributed by atoms with Crippen molar-refractivity contribution in [2.75, 3.05) is 26.3 Å². The molecule has 3 fully saturated rings. The highest BCUT2D eigenvalue weighted by atomic mass is 32.2. The number of aliphatic hydroxyl groups excluding tert-OH is 6. The lowest BCUT2D eigenvalue weighted by molar-refractivity contribution is -0.179. The predicted molar refractivity (Wildman–Crippen MR) is 157 cm³/mol. The first-order valence-corrected chi connectivity index (χ1v) is 15.9. The Morgan fingerprint density at radius 1 is 1.07 bits per heavy atom. The van der Waals surface area contributed by atoms with Crippen LogP contribution in [-0.4, -0.2) is 125 Å². The summed E-state index contributed by atoms with van der Waals surface area (Å²) in [5.41, 5.74) is 3.68. The molecule has 1 aromatic carbocycles. The van der Waals surface area contributed by atoms with Crippen LogP contribution in [0, 0.1) is 17.5 Å². The van der Waals surface area contributed by atoms with Gasteiger partial charge in [-0.15, -0.1) is 5.10 Å². The predicted octanol–water partition coefficient (Wildman–Crippen LogP) is -1.38. The van der Waals surface area contributed by atoms with Crippen molar-refractivity contribution in [2.45, 2.75) is 84.8 Å². The number of aliphatic hydroxyl groups is 6. The van der Waals surface area contributed by atoms with Gasteiger partial charge in [0.2, 0.25) is 0 Å². The molecule has 0 aliphatic carbocycles. The van der Waals surface area contributed by atoms with Crippen molar-refractivity contribution in [1.29, 1.82) is 0 Å². The fourth-order valence-electron chi connectivity index (χ4n) is 5.88. The van der Waals surface area contributed by atoms with Crippen molar-refractivity contribution in [1.82, 2.24) is 25.6 Å². The third-order valence-electron chi connectivity index (χ3n) is 8.48. The van der Waals surface area contributed by atoms with E-state index in [1.54, 1.807) is 6.20 Å². The van der Waals surface area contributed by atoms with E-state index in [0.717, 1.165) is 43.9 Å². The van der Waals surface area contributed by atoms with Crippen molar-refractivity contribution in [2.24, 2.45) is 5.73 Å². The van der Waals surface area contributed by atoms with Gasteiger partial charge in [0.15, 0.2) is 17.5 Å². The molecule has 14 nitrogen and oxygen atoms in total. The second kappa shape index (κ2) is 15.1. The highest BCUT2D eigenvalue weighted by Crippen LogP contribution is 2.39. The molecule has 0 saturated carbocycles.